The topological polar surface area (TPSA) is 123 Å². The second kappa shape index (κ2) is 10.1. The molecule has 1 N–H and O–H groups in total. The molecule has 1 saturated heterocycles. The van der Waals surface area contributed by atoms with Crippen molar-refractivity contribution in [1.29, 1.82) is 0 Å². The minimum Gasteiger partial charge on any atom is -0.507 e. The number of nitrogens with zero attached hydrogens (tertiary/aromatic N) is 3. The van der Waals surface area contributed by atoms with Crippen LogP contribution in [0.2, 0.25) is 0 Å². The third kappa shape index (κ3) is 4.50. The summed E-state index contributed by atoms with van der Waals surface area (Å²) in [6.07, 6.45) is 0.787. The molecule has 0 saturated carbocycles. The average molecular weight is 530 g/mol. The van der Waals surface area contributed by atoms with E-state index in [-0.39, 0.29) is 22.0 Å². The van der Waals surface area contributed by atoms with Crippen molar-refractivity contribution in [2.45, 2.75) is 26.3 Å². The Bertz CT molecular complexity index is 1630. The standard InChI is InChI=1S/C28H23N3O6S/c1-3-12-37-20-9-5-7-18(15-20)25(32)23-24(17-6-4-8-19(14-17)31(35)36)30(27(34)26(23)33)28-29-21-11-10-16(2)13-22(21)38-28/h4-11,13-15,24,32H,3,12H2,1-2H3. The highest BCUT2D eigenvalue weighted by molar-refractivity contribution is 7.22. The lowest BCUT2D eigenvalue weighted by Crippen LogP contribution is -2.29. The molecule has 1 fully saturated rings. The first-order valence-corrected chi connectivity index (χ1v) is 12.8. The van der Waals surface area contributed by atoms with Crippen LogP contribution in [0.5, 0.6) is 5.75 Å². The summed E-state index contributed by atoms with van der Waals surface area (Å²) in [5, 5.41) is 23.2. The summed E-state index contributed by atoms with van der Waals surface area (Å²) < 4.78 is 6.48. The van der Waals surface area contributed by atoms with E-state index in [0.717, 1.165) is 16.7 Å². The molecule has 1 aromatic heterocycles. The van der Waals surface area contributed by atoms with Crippen LogP contribution in [0.1, 0.15) is 36.1 Å². The number of benzene rings is 3. The predicted molar refractivity (Wildman–Crippen MR) is 144 cm³/mol. The number of ether oxygens (including phenoxy) is 1. The number of anilines is 1. The maximum Gasteiger partial charge on any atom is 0.301 e. The molecule has 9 nitrogen and oxygen atoms in total. The van der Waals surface area contributed by atoms with Crippen LogP contribution in [0.15, 0.2) is 72.3 Å². The number of non-ortho nitro benzene ring substituents is 1. The first-order chi connectivity index (χ1) is 18.3. The second-order valence-corrected chi connectivity index (χ2v) is 9.87. The van der Waals surface area contributed by atoms with E-state index in [2.05, 4.69) is 4.98 Å². The highest BCUT2D eigenvalue weighted by Crippen LogP contribution is 2.45. The van der Waals surface area contributed by atoms with Gasteiger partial charge in [-0.1, -0.05) is 48.6 Å². The molecule has 10 heteroatoms. The first kappa shape index (κ1) is 25.1. The Morgan fingerprint density at radius 2 is 1.92 bits per heavy atom. The van der Waals surface area contributed by atoms with Gasteiger partial charge in [-0.2, -0.15) is 0 Å². The van der Waals surface area contributed by atoms with Gasteiger partial charge in [0.2, 0.25) is 0 Å². The van der Waals surface area contributed by atoms with Crippen molar-refractivity contribution in [3.8, 4) is 5.75 Å². The summed E-state index contributed by atoms with van der Waals surface area (Å²) in [5.74, 6) is -1.69. The maximum absolute atomic E-state index is 13.4. The summed E-state index contributed by atoms with van der Waals surface area (Å²) >= 11 is 1.23. The molecule has 0 radical (unpaired) electrons. The minimum atomic E-state index is -1.13. The van der Waals surface area contributed by atoms with Crippen molar-refractivity contribution in [3.05, 3.63) is 99.1 Å². The summed E-state index contributed by atoms with van der Waals surface area (Å²) in [6.45, 7) is 4.37. The van der Waals surface area contributed by atoms with E-state index in [4.69, 9.17) is 4.74 Å². The number of nitro groups is 1. The number of amides is 1. The van der Waals surface area contributed by atoms with Gasteiger partial charge in [0.1, 0.15) is 11.5 Å². The normalized spacial score (nSPS) is 16.8. The number of nitro benzene ring substituents is 1. The highest BCUT2D eigenvalue weighted by atomic mass is 32.1. The Balaban J connectivity index is 1.71. The van der Waals surface area contributed by atoms with E-state index in [0.29, 0.717) is 23.4 Å². The zero-order chi connectivity index (χ0) is 27.0. The second-order valence-electron chi connectivity index (χ2n) is 8.87. The fourth-order valence-corrected chi connectivity index (χ4v) is 5.48. The van der Waals surface area contributed by atoms with Gasteiger partial charge in [0.25, 0.3) is 11.5 Å². The Morgan fingerprint density at radius 3 is 2.68 bits per heavy atom. The number of rotatable bonds is 7. The number of thiazole rings is 1. The van der Waals surface area contributed by atoms with Crippen LogP contribution in [0, 0.1) is 17.0 Å². The molecule has 1 atom stereocenters. The predicted octanol–water partition coefficient (Wildman–Crippen LogP) is 5.93. The number of aliphatic hydroxyl groups excluding tert-OH is 1. The minimum absolute atomic E-state index is 0.182. The summed E-state index contributed by atoms with van der Waals surface area (Å²) in [7, 11) is 0. The number of aryl methyl sites for hydroxylation is 1. The monoisotopic (exact) mass is 529 g/mol. The highest BCUT2D eigenvalue weighted by Gasteiger charge is 2.48. The summed E-state index contributed by atoms with van der Waals surface area (Å²) in [6, 6.07) is 16.8. The summed E-state index contributed by atoms with van der Waals surface area (Å²) in [5.41, 5.74) is 1.86. The molecule has 0 bridgehead atoms. The van der Waals surface area contributed by atoms with Gasteiger partial charge in [0, 0.05) is 17.7 Å². The molecule has 1 aliphatic rings. The molecule has 4 aromatic rings. The molecule has 2 heterocycles. The van der Waals surface area contributed by atoms with Crippen LogP contribution < -0.4 is 9.64 Å². The number of Topliss-reactive ketones (excluding diaryl/α,β-unsaturated/α-hetero) is 1. The van der Waals surface area contributed by atoms with Crippen LogP contribution in [-0.4, -0.2) is 33.3 Å². The smallest absolute Gasteiger partial charge is 0.301 e. The number of hydrogen-bond donors (Lipinski definition) is 1. The molecular weight excluding hydrogens is 506 g/mol. The van der Waals surface area contributed by atoms with Gasteiger partial charge in [-0.25, -0.2) is 4.98 Å². The quantitative estimate of drug-likeness (QED) is 0.103. The van der Waals surface area contributed by atoms with Crippen molar-refractivity contribution in [1.82, 2.24) is 4.98 Å². The summed E-state index contributed by atoms with van der Waals surface area (Å²) in [4.78, 5) is 43.7. The van der Waals surface area contributed by atoms with E-state index < -0.39 is 28.4 Å². The van der Waals surface area contributed by atoms with Gasteiger partial charge in [-0.3, -0.25) is 24.6 Å². The van der Waals surface area contributed by atoms with Crippen molar-refractivity contribution in [2.75, 3.05) is 11.5 Å². The molecule has 38 heavy (non-hydrogen) atoms. The Kier molecular flexibility index (Phi) is 6.64. The lowest BCUT2D eigenvalue weighted by atomic mass is 9.95. The fourth-order valence-electron chi connectivity index (χ4n) is 4.38. The zero-order valence-electron chi connectivity index (χ0n) is 20.6. The van der Waals surface area contributed by atoms with Crippen molar-refractivity contribution in [2.24, 2.45) is 0 Å². The number of ketones is 1. The Morgan fingerprint density at radius 1 is 1.13 bits per heavy atom. The molecule has 1 amide bonds. The molecule has 5 rings (SSSR count). The third-order valence-corrected chi connectivity index (χ3v) is 7.18. The van der Waals surface area contributed by atoms with Crippen LogP contribution in [-0.2, 0) is 9.59 Å². The van der Waals surface area contributed by atoms with Gasteiger partial charge >= 0.3 is 5.91 Å². The Labute approximate surface area is 221 Å². The van der Waals surface area contributed by atoms with Crippen LogP contribution >= 0.6 is 11.3 Å². The molecule has 0 aliphatic carbocycles. The van der Waals surface area contributed by atoms with Gasteiger partial charge in [-0.15, -0.1) is 0 Å². The zero-order valence-corrected chi connectivity index (χ0v) is 21.4. The molecule has 0 spiro atoms. The molecule has 1 aliphatic heterocycles. The average Bonchev–Trinajstić information content (AvgIpc) is 3.44. The van der Waals surface area contributed by atoms with Gasteiger partial charge < -0.3 is 9.84 Å². The SMILES string of the molecule is CCCOc1cccc(C(O)=C2C(=O)C(=O)N(c3nc4ccc(C)cc4s3)C2c2cccc([N+](=O)[O-])c2)c1. The number of carbonyl (C=O) groups is 2. The van der Waals surface area contributed by atoms with Crippen LogP contribution in [0.3, 0.4) is 0 Å². The molecule has 192 valence electrons. The van der Waals surface area contributed by atoms with Crippen molar-refractivity contribution in [3.63, 3.8) is 0 Å². The van der Waals surface area contributed by atoms with Gasteiger partial charge in [0.15, 0.2) is 5.13 Å². The number of fused-ring (bicyclic) bond motifs is 1. The van der Waals surface area contributed by atoms with Crippen LogP contribution in [0.4, 0.5) is 10.8 Å². The van der Waals surface area contributed by atoms with E-state index in [1.165, 1.54) is 34.4 Å². The number of aliphatic hydroxyl groups is 1. The van der Waals surface area contributed by atoms with E-state index >= 15 is 0 Å². The van der Waals surface area contributed by atoms with Gasteiger partial charge in [0.05, 0.1) is 33.4 Å². The van der Waals surface area contributed by atoms with E-state index in [1.807, 2.05) is 32.0 Å². The fraction of sp³-hybridized carbons (Fsp3) is 0.179. The number of aromatic nitrogens is 1. The molecular formula is C28H23N3O6S. The lowest BCUT2D eigenvalue weighted by molar-refractivity contribution is -0.384. The van der Waals surface area contributed by atoms with Crippen molar-refractivity contribution >= 4 is 49.8 Å². The van der Waals surface area contributed by atoms with Crippen LogP contribution in [0.25, 0.3) is 16.0 Å². The van der Waals surface area contributed by atoms with Gasteiger partial charge in [-0.05, 0) is 48.7 Å². The lowest BCUT2D eigenvalue weighted by Gasteiger charge is -2.22. The maximum atomic E-state index is 13.4. The molecule has 1 unspecified atom stereocenters. The van der Waals surface area contributed by atoms with E-state index in [9.17, 15) is 24.8 Å². The van der Waals surface area contributed by atoms with E-state index in [1.54, 1.807) is 30.3 Å². The number of carbonyl (C=O) groups excluding carboxylic acids is 2. The van der Waals surface area contributed by atoms with Crippen molar-refractivity contribution < 1.29 is 24.4 Å². The molecule has 3 aromatic carbocycles. The number of hydrogen-bond acceptors (Lipinski definition) is 8. The third-order valence-electron chi connectivity index (χ3n) is 6.16. The first-order valence-electron chi connectivity index (χ1n) is 11.9. The largest absolute Gasteiger partial charge is 0.507 e. The Hall–Kier alpha value is -4.57.